The Labute approximate surface area is 214 Å². The number of nitrogens with zero attached hydrogens (tertiary/aromatic N) is 1. The first-order valence-electron chi connectivity index (χ1n) is 12.2. The lowest BCUT2D eigenvalue weighted by Crippen LogP contribution is -2.37. The predicted octanol–water partition coefficient (Wildman–Crippen LogP) is 5.27. The van der Waals surface area contributed by atoms with Gasteiger partial charge in [-0.15, -0.1) is 0 Å². The first-order valence-corrected chi connectivity index (χ1v) is 12.2. The fourth-order valence-corrected chi connectivity index (χ4v) is 3.26. The zero-order chi connectivity index (χ0) is 26.9. The van der Waals surface area contributed by atoms with Crippen LogP contribution in [0, 0.1) is 5.41 Å². The van der Waals surface area contributed by atoms with E-state index in [1.54, 1.807) is 31.3 Å². The number of amides is 3. The van der Waals surface area contributed by atoms with Gasteiger partial charge in [0.15, 0.2) is 0 Å². The van der Waals surface area contributed by atoms with Crippen molar-refractivity contribution in [2.45, 2.75) is 60.1 Å². The Kier molecular flexibility index (Phi) is 10.0. The van der Waals surface area contributed by atoms with Crippen LogP contribution in [-0.4, -0.2) is 48.5 Å². The Morgan fingerprint density at radius 2 is 1.44 bits per heavy atom. The Morgan fingerprint density at radius 3 is 2.00 bits per heavy atom. The summed E-state index contributed by atoms with van der Waals surface area (Å²) in [6.45, 7) is 13.2. The maximum Gasteiger partial charge on any atom is 0.410 e. The number of hydrogen-bond donors (Lipinski definition) is 3. The van der Waals surface area contributed by atoms with Crippen LogP contribution in [0.2, 0.25) is 0 Å². The zero-order valence-corrected chi connectivity index (χ0v) is 22.5. The van der Waals surface area contributed by atoms with E-state index in [1.165, 1.54) is 4.90 Å². The molecule has 8 heteroatoms. The van der Waals surface area contributed by atoms with Crippen LogP contribution in [-0.2, 0) is 16.1 Å². The van der Waals surface area contributed by atoms with Crippen molar-refractivity contribution < 1.29 is 19.1 Å². The smallest absolute Gasteiger partial charge is 0.410 e. The third-order valence-corrected chi connectivity index (χ3v) is 5.01. The van der Waals surface area contributed by atoms with E-state index in [0.29, 0.717) is 43.0 Å². The third kappa shape index (κ3) is 10.5. The largest absolute Gasteiger partial charge is 0.444 e. The molecule has 0 aliphatic rings. The molecule has 0 aromatic heterocycles. The number of carbonyl (C=O) groups excluding carboxylic acids is 3. The van der Waals surface area contributed by atoms with Crippen LogP contribution >= 0.6 is 0 Å². The summed E-state index contributed by atoms with van der Waals surface area (Å²) in [5.41, 5.74) is 1.99. The molecule has 0 fully saturated rings. The molecule has 0 heterocycles. The minimum atomic E-state index is -0.519. The number of para-hydroxylation sites is 2. The molecule has 2 rings (SSSR count). The highest BCUT2D eigenvalue weighted by atomic mass is 16.6. The number of nitrogens with one attached hydrogen (secondary N) is 3. The van der Waals surface area contributed by atoms with Gasteiger partial charge in [0.2, 0.25) is 5.91 Å². The number of anilines is 2. The maximum atomic E-state index is 12.8. The molecule has 0 saturated carbocycles. The van der Waals surface area contributed by atoms with Crippen molar-refractivity contribution in [3.8, 4) is 0 Å². The van der Waals surface area contributed by atoms with Crippen LogP contribution in [0.5, 0.6) is 0 Å². The topological polar surface area (TPSA) is 99.8 Å². The molecule has 0 aliphatic carbocycles. The molecule has 0 radical (unpaired) electrons. The summed E-state index contributed by atoms with van der Waals surface area (Å²) in [5.74, 6) is -0.357. The zero-order valence-electron chi connectivity index (χ0n) is 22.5. The fourth-order valence-electron chi connectivity index (χ4n) is 3.26. The van der Waals surface area contributed by atoms with E-state index < -0.39 is 5.60 Å². The fraction of sp³-hybridized carbons (Fsp3) is 0.464. The second-order valence-electron chi connectivity index (χ2n) is 11.1. The van der Waals surface area contributed by atoms with Gasteiger partial charge < -0.3 is 25.6 Å². The number of ether oxygens (including phenoxy) is 1. The number of likely N-dealkylation sites (N-methyl/N-ethyl adjacent to an activating group) is 1. The van der Waals surface area contributed by atoms with Gasteiger partial charge >= 0.3 is 6.09 Å². The molecule has 3 amide bonds. The van der Waals surface area contributed by atoms with Crippen LogP contribution in [0.3, 0.4) is 0 Å². The molecule has 3 N–H and O–H groups in total. The van der Waals surface area contributed by atoms with Crippen LogP contribution in [0.4, 0.5) is 16.2 Å². The van der Waals surface area contributed by atoms with Crippen molar-refractivity contribution in [3.63, 3.8) is 0 Å². The van der Waals surface area contributed by atoms with Gasteiger partial charge in [-0.3, -0.25) is 9.59 Å². The molecule has 0 unspecified atom stereocenters. The number of benzene rings is 2. The van der Waals surface area contributed by atoms with Crippen LogP contribution in [0.25, 0.3) is 0 Å². The minimum absolute atomic E-state index is 0.0988. The van der Waals surface area contributed by atoms with E-state index in [2.05, 4.69) is 16.0 Å². The predicted molar refractivity (Wildman–Crippen MR) is 144 cm³/mol. The van der Waals surface area contributed by atoms with E-state index in [1.807, 2.05) is 65.8 Å². The number of hydrogen-bond acceptors (Lipinski definition) is 5. The SMILES string of the molecule is CN(CCNCc1ccc(C(=O)Nc2ccccc2NC(=O)CC(C)(C)C)cc1)C(=O)OC(C)(C)C. The van der Waals surface area contributed by atoms with Crippen molar-refractivity contribution in [2.75, 3.05) is 30.8 Å². The Bertz CT molecular complexity index is 1040. The number of carbonyl (C=O) groups is 3. The van der Waals surface area contributed by atoms with E-state index in [0.717, 1.165) is 5.56 Å². The normalized spacial score (nSPS) is 11.5. The second kappa shape index (κ2) is 12.5. The standard InChI is InChI=1S/C28H40N4O4/c1-27(2,3)18-24(33)30-22-10-8-9-11-23(22)31-25(34)21-14-12-20(13-15-21)19-29-16-17-32(7)26(35)36-28(4,5)6/h8-15,29H,16-19H2,1-7H3,(H,30,33)(H,31,34). The van der Waals surface area contributed by atoms with Crippen molar-refractivity contribution >= 4 is 29.3 Å². The molecule has 0 aliphatic heterocycles. The van der Waals surface area contributed by atoms with Gasteiger partial charge in [-0.1, -0.05) is 45.0 Å². The van der Waals surface area contributed by atoms with Gasteiger partial charge in [0, 0.05) is 38.7 Å². The van der Waals surface area contributed by atoms with E-state index in [9.17, 15) is 14.4 Å². The molecular weight excluding hydrogens is 456 g/mol. The van der Waals surface area contributed by atoms with Crippen molar-refractivity contribution in [1.82, 2.24) is 10.2 Å². The molecule has 2 aromatic rings. The van der Waals surface area contributed by atoms with Gasteiger partial charge in [0.05, 0.1) is 11.4 Å². The summed E-state index contributed by atoms with van der Waals surface area (Å²) in [6, 6.07) is 14.5. The van der Waals surface area contributed by atoms with Crippen LogP contribution in [0.1, 0.15) is 63.9 Å². The van der Waals surface area contributed by atoms with E-state index in [-0.39, 0.29) is 23.3 Å². The molecular formula is C28H40N4O4. The van der Waals surface area contributed by atoms with Crippen LogP contribution in [0.15, 0.2) is 48.5 Å². The van der Waals surface area contributed by atoms with Crippen molar-refractivity contribution in [1.29, 1.82) is 0 Å². The lowest BCUT2D eigenvalue weighted by molar-refractivity contribution is -0.117. The molecule has 0 atom stereocenters. The average molecular weight is 497 g/mol. The van der Waals surface area contributed by atoms with Crippen molar-refractivity contribution in [2.24, 2.45) is 5.41 Å². The number of rotatable bonds is 9. The van der Waals surface area contributed by atoms with Gasteiger partial charge in [-0.05, 0) is 56.0 Å². The third-order valence-electron chi connectivity index (χ3n) is 5.01. The highest BCUT2D eigenvalue weighted by molar-refractivity contribution is 6.07. The molecule has 36 heavy (non-hydrogen) atoms. The first kappa shape index (κ1) is 28.8. The summed E-state index contributed by atoms with van der Waals surface area (Å²) < 4.78 is 5.34. The quantitative estimate of drug-likeness (QED) is 0.411. The van der Waals surface area contributed by atoms with Gasteiger partial charge in [0.1, 0.15) is 5.60 Å². The molecule has 2 aromatic carbocycles. The lowest BCUT2D eigenvalue weighted by atomic mass is 9.92. The van der Waals surface area contributed by atoms with Crippen molar-refractivity contribution in [3.05, 3.63) is 59.7 Å². The summed E-state index contributed by atoms with van der Waals surface area (Å²) in [4.78, 5) is 38.7. The second-order valence-corrected chi connectivity index (χ2v) is 11.1. The lowest BCUT2D eigenvalue weighted by Gasteiger charge is -2.24. The molecule has 0 bridgehead atoms. The Hall–Kier alpha value is -3.39. The average Bonchev–Trinajstić information content (AvgIpc) is 2.75. The Balaban J connectivity index is 1.86. The molecule has 196 valence electrons. The monoisotopic (exact) mass is 496 g/mol. The van der Waals surface area contributed by atoms with E-state index in [4.69, 9.17) is 4.74 Å². The van der Waals surface area contributed by atoms with Crippen LogP contribution < -0.4 is 16.0 Å². The van der Waals surface area contributed by atoms with Gasteiger partial charge in [-0.2, -0.15) is 0 Å². The minimum Gasteiger partial charge on any atom is -0.444 e. The highest BCUT2D eigenvalue weighted by Gasteiger charge is 2.19. The first-order chi connectivity index (χ1) is 16.7. The highest BCUT2D eigenvalue weighted by Crippen LogP contribution is 2.24. The molecule has 0 saturated heterocycles. The summed E-state index contributed by atoms with van der Waals surface area (Å²) in [5, 5.41) is 9.07. The Morgan fingerprint density at radius 1 is 0.861 bits per heavy atom. The maximum absolute atomic E-state index is 12.8. The van der Waals surface area contributed by atoms with Gasteiger partial charge in [-0.25, -0.2) is 4.79 Å². The van der Waals surface area contributed by atoms with E-state index >= 15 is 0 Å². The molecule has 8 nitrogen and oxygen atoms in total. The van der Waals surface area contributed by atoms with Gasteiger partial charge in [0.25, 0.3) is 5.91 Å². The summed E-state index contributed by atoms with van der Waals surface area (Å²) in [7, 11) is 1.71. The molecule has 0 spiro atoms. The summed E-state index contributed by atoms with van der Waals surface area (Å²) in [6.07, 6.45) is 0.0252. The summed E-state index contributed by atoms with van der Waals surface area (Å²) >= 11 is 0.